The first-order chi connectivity index (χ1) is 9.58. The summed E-state index contributed by atoms with van der Waals surface area (Å²) in [7, 11) is 0. The molecule has 2 aromatic carbocycles. The molecule has 1 unspecified atom stereocenters. The maximum atomic E-state index is 6.13. The van der Waals surface area contributed by atoms with Gasteiger partial charge in [0, 0.05) is 15.8 Å². The normalized spacial score (nSPS) is 12.4. The first-order valence-electron chi connectivity index (χ1n) is 7.18. The van der Waals surface area contributed by atoms with Gasteiger partial charge in [0.25, 0.3) is 0 Å². The highest BCUT2D eigenvalue weighted by Crippen LogP contribution is 2.31. The van der Waals surface area contributed by atoms with E-state index in [1.165, 1.54) is 26.5 Å². The van der Waals surface area contributed by atoms with Crippen LogP contribution >= 0.6 is 11.8 Å². The van der Waals surface area contributed by atoms with E-state index in [0.717, 1.165) is 12.8 Å². The first kappa shape index (κ1) is 15.1. The van der Waals surface area contributed by atoms with E-state index in [2.05, 4.69) is 63.2 Å². The SMILES string of the molecule is CCC(N)Cc1cc(C)ccc1Sc1ccc(C)cc1. The molecule has 0 saturated carbocycles. The lowest BCUT2D eigenvalue weighted by Crippen LogP contribution is -2.21. The standard InChI is InChI=1S/C18H23NS/c1-4-16(19)12-15-11-14(3)7-10-18(15)20-17-8-5-13(2)6-9-17/h5-11,16H,4,12,19H2,1-3H3. The van der Waals surface area contributed by atoms with Gasteiger partial charge in [-0.1, -0.05) is 54.1 Å². The second-order valence-electron chi connectivity index (χ2n) is 5.40. The fraction of sp³-hybridized carbons (Fsp3) is 0.333. The Morgan fingerprint density at radius 2 is 1.65 bits per heavy atom. The van der Waals surface area contributed by atoms with Crippen LogP contribution in [-0.4, -0.2) is 6.04 Å². The summed E-state index contributed by atoms with van der Waals surface area (Å²) in [5, 5.41) is 0. The molecule has 0 heterocycles. The zero-order valence-electron chi connectivity index (χ0n) is 12.5. The lowest BCUT2D eigenvalue weighted by molar-refractivity contribution is 0.641. The summed E-state index contributed by atoms with van der Waals surface area (Å²) in [5.41, 5.74) is 10.1. The fourth-order valence-corrected chi connectivity index (χ4v) is 3.06. The van der Waals surface area contributed by atoms with E-state index in [0.29, 0.717) is 0 Å². The molecule has 0 amide bonds. The van der Waals surface area contributed by atoms with Crippen molar-refractivity contribution in [2.75, 3.05) is 0 Å². The Morgan fingerprint density at radius 1 is 1.00 bits per heavy atom. The molecule has 0 aliphatic rings. The van der Waals surface area contributed by atoms with Crippen LogP contribution in [0.1, 0.15) is 30.0 Å². The molecule has 0 saturated heterocycles. The lowest BCUT2D eigenvalue weighted by Gasteiger charge is -2.14. The van der Waals surface area contributed by atoms with Crippen molar-refractivity contribution in [1.82, 2.24) is 0 Å². The smallest absolute Gasteiger partial charge is 0.0155 e. The Kier molecular flexibility index (Phi) is 5.27. The molecule has 2 N–H and O–H groups in total. The Morgan fingerprint density at radius 3 is 2.30 bits per heavy atom. The van der Waals surface area contributed by atoms with Gasteiger partial charge >= 0.3 is 0 Å². The van der Waals surface area contributed by atoms with Gasteiger partial charge in [-0.05, 0) is 50.5 Å². The van der Waals surface area contributed by atoms with Crippen molar-refractivity contribution in [2.45, 2.75) is 49.4 Å². The maximum Gasteiger partial charge on any atom is 0.0155 e. The minimum Gasteiger partial charge on any atom is -0.327 e. The van der Waals surface area contributed by atoms with Crippen LogP contribution in [0.4, 0.5) is 0 Å². The minimum absolute atomic E-state index is 0.245. The summed E-state index contributed by atoms with van der Waals surface area (Å²) >= 11 is 1.83. The van der Waals surface area contributed by atoms with E-state index in [1.54, 1.807) is 0 Å². The summed E-state index contributed by atoms with van der Waals surface area (Å²) in [6.45, 7) is 6.40. The van der Waals surface area contributed by atoms with E-state index in [4.69, 9.17) is 5.73 Å². The summed E-state index contributed by atoms with van der Waals surface area (Å²) < 4.78 is 0. The molecule has 2 aromatic rings. The van der Waals surface area contributed by atoms with Crippen molar-refractivity contribution in [3.05, 3.63) is 59.2 Å². The molecule has 1 nitrogen and oxygen atoms in total. The number of nitrogens with two attached hydrogens (primary N) is 1. The molecule has 0 fully saturated rings. The summed E-state index contributed by atoms with van der Waals surface area (Å²) in [5.74, 6) is 0. The van der Waals surface area contributed by atoms with Crippen molar-refractivity contribution in [3.8, 4) is 0 Å². The van der Waals surface area contributed by atoms with Gasteiger partial charge < -0.3 is 5.73 Å². The van der Waals surface area contributed by atoms with Crippen molar-refractivity contribution in [1.29, 1.82) is 0 Å². The number of benzene rings is 2. The van der Waals surface area contributed by atoms with Gasteiger partial charge in [0.05, 0.1) is 0 Å². The molecule has 106 valence electrons. The van der Waals surface area contributed by atoms with Crippen molar-refractivity contribution < 1.29 is 0 Å². The van der Waals surface area contributed by atoms with E-state index in [-0.39, 0.29) is 6.04 Å². The Hall–Kier alpha value is -1.25. The molecule has 2 heteroatoms. The molecule has 2 rings (SSSR count). The molecule has 0 aliphatic heterocycles. The second-order valence-corrected chi connectivity index (χ2v) is 6.51. The van der Waals surface area contributed by atoms with Crippen molar-refractivity contribution in [3.63, 3.8) is 0 Å². The predicted molar refractivity (Wildman–Crippen MR) is 88.5 cm³/mol. The van der Waals surface area contributed by atoms with E-state index in [1.807, 2.05) is 11.8 Å². The molecular weight excluding hydrogens is 262 g/mol. The third-order valence-electron chi connectivity index (χ3n) is 3.47. The molecule has 0 spiro atoms. The van der Waals surface area contributed by atoms with Gasteiger partial charge in [0.15, 0.2) is 0 Å². The van der Waals surface area contributed by atoms with E-state index in [9.17, 15) is 0 Å². The van der Waals surface area contributed by atoms with Crippen LogP contribution in [-0.2, 0) is 6.42 Å². The number of rotatable bonds is 5. The lowest BCUT2D eigenvalue weighted by atomic mass is 10.0. The first-order valence-corrected chi connectivity index (χ1v) is 7.99. The van der Waals surface area contributed by atoms with Crippen LogP contribution in [0.25, 0.3) is 0 Å². The topological polar surface area (TPSA) is 26.0 Å². The third kappa shape index (κ3) is 4.12. The van der Waals surface area contributed by atoms with Crippen LogP contribution in [0.15, 0.2) is 52.3 Å². The highest BCUT2D eigenvalue weighted by molar-refractivity contribution is 7.99. The summed E-state index contributed by atoms with van der Waals surface area (Å²) in [6, 6.07) is 15.6. The van der Waals surface area contributed by atoms with Gasteiger partial charge in [-0.15, -0.1) is 0 Å². The van der Waals surface area contributed by atoms with Crippen molar-refractivity contribution >= 4 is 11.8 Å². The van der Waals surface area contributed by atoms with Gasteiger partial charge in [-0.2, -0.15) is 0 Å². The minimum atomic E-state index is 0.245. The highest BCUT2D eigenvalue weighted by Gasteiger charge is 2.08. The second kappa shape index (κ2) is 6.96. The average molecular weight is 285 g/mol. The van der Waals surface area contributed by atoms with E-state index >= 15 is 0 Å². The third-order valence-corrected chi connectivity index (χ3v) is 4.60. The Labute approximate surface area is 126 Å². The van der Waals surface area contributed by atoms with Crippen LogP contribution < -0.4 is 5.73 Å². The quantitative estimate of drug-likeness (QED) is 0.859. The zero-order chi connectivity index (χ0) is 14.5. The average Bonchev–Trinajstić information content (AvgIpc) is 2.44. The molecule has 20 heavy (non-hydrogen) atoms. The molecule has 0 radical (unpaired) electrons. The van der Waals surface area contributed by atoms with Crippen LogP contribution in [0.3, 0.4) is 0 Å². The monoisotopic (exact) mass is 285 g/mol. The van der Waals surface area contributed by atoms with Gasteiger partial charge in [-0.25, -0.2) is 0 Å². The largest absolute Gasteiger partial charge is 0.327 e. The van der Waals surface area contributed by atoms with Gasteiger partial charge in [0.1, 0.15) is 0 Å². The fourth-order valence-electron chi connectivity index (χ4n) is 2.13. The van der Waals surface area contributed by atoms with Crippen molar-refractivity contribution in [2.24, 2.45) is 5.73 Å². The zero-order valence-corrected chi connectivity index (χ0v) is 13.3. The Balaban J connectivity index is 2.23. The van der Waals surface area contributed by atoms with Crippen LogP contribution in [0.2, 0.25) is 0 Å². The highest BCUT2D eigenvalue weighted by atomic mass is 32.2. The molecule has 0 bridgehead atoms. The molecule has 0 aromatic heterocycles. The Bertz CT molecular complexity index is 560. The predicted octanol–water partition coefficient (Wildman–Crippen LogP) is 4.73. The van der Waals surface area contributed by atoms with E-state index < -0.39 is 0 Å². The summed E-state index contributed by atoms with van der Waals surface area (Å²) in [4.78, 5) is 2.61. The van der Waals surface area contributed by atoms with Gasteiger partial charge in [-0.3, -0.25) is 0 Å². The van der Waals surface area contributed by atoms with Crippen LogP contribution in [0.5, 0.6) is 0 Å². The molecular formula is C18H23NS. The molecule has 1 atom stereocenters. The molecule has 0 aliphatic carbocycles. The maximum absolute atomic E-state index is 6.13. The number of hydrogen-bond acceptors (Lipinski definition) is 2. The van der Waals surface area contributed by atoms with Gasteiger partial charge in [0.2, 0.25) is 0 Å². The number of hydrogen-bond donors (Lipinski definition) is 1. The number of aryl methyl sites for hydroxylation is 2. The summed E-state index contributed by atoms with van der Waals surface area (Å²) in [6.07, 6.45) is 1.97. The van der Waals surface area contributed by atoms with Crippen LogP contribution in [0, 0.1) is 13.8 Å².